The van der Waals surface area contributed by atoms with E-state index in [2.05, 4.69) is 4.98 Å². The first-order valence-electron chi connectivity index (χ1n) is 6.51. The molecule has 0 amide bonds. The van der Waals surface area contributed by atoms with Crippen LogP contribution < -0.4 is 4.90 Å². The number of pyridine rings is 1. The zero-order valence-electron chi connectivity index (χ0n) is 12.0. The molecular formula is C13H19N3O4. The van der Waals surface area contributed by atoms with E-state index in [1.807, 2.05) is 6.92 Å². The van der Waals surface area contributed by atoms with Crippen molar-refractivity contribution in [3.8, 4) is 0 Å². The van der Waals surface area contributed by atoms with Crippen molar-refractivity contribution in [1.82, 2.24) is 4.98 Å². The zero-order valence-corrected chi connectivity index (χ0v) is 12.0. The van der Waals surface area contributed by atoms with Crippen LogP contribution >= 0.6 is 0 Å². The predicted molar refractivity (Wildman–Crippen MR) is 74.8 cm³/mol. The highest BCUT2D eigenvalue weighted by atomic mass is 16.6. The second-order valence-corrected chi connectivity index (χ2v) is 4.34. The summed E-state index contributed by atoms with van der Waals surface area (Å²) in [7, 11) is 0. The SMILES string of the molecule is CCCN(CC(=O)OCC)c1ncc(C)cc1[N+](=O)[O-]. The molecule has 0 aliphatic rings. The van der Waals surface area contributed by atoms with E-state index < -0.39 is 10.9 Å². The molecule has 1 aromatic rings. The molecule has 0 aromatic carbocycles. The van der Waals surface area contributed by atoms with Gasteiger partial charge >= 0.3 is 11.7 Å². The Morgan fingerprint density at radius 2 is 2.20 bits per heavy atom. The summed E-state index contributed by atoms with van der Waals surface area (Å²) in [6, 6.07) is 1.45. The lowest BCUT2D eigenvalue weighted by Crippen LogP contribution is -2.33. The number of hydrogen-bond donors (Lipinski definition) is 0. The van der Waals surface area contributed by atoms with E-state index in [1.54, 1.807) is 24.9 Å². The molecule has 1 aromatic heterocycles. The molecule has 0 atom stereocenters. The van der Waals surface area contributed by atoms with Gasteiger partial charge in [0.25, 0.3) is 0 Å². The average molecular weight is 281 g/mol. The summed E-state index contributed by atoms with van der Waals surface area (Å²) in [4.78, 5) is 27.9. The fraction of sp³-hybridized carbons (Fsp3) is 0.538. The molecule has 0 fully saturated rings. The van der Waals surface area contributed by atoms with Gasteiger partial charge < -0.3 is 9.64 Å². The first kappa shape index (κ1) is 15.9. The number of carbonyl (C=O) groups excluding carboxylic acids is 1. The largest absolute Gasteiger partial charge is 0.465 e. The molecule has 0 radical (unpaired) electrons. The summed E-state index contributed by atoms with van der Waals surface area (Å²) in [5.41, 5.74) is 0.607. The van der Waals surface area contributed by atoms with Crippen LogP contribution in [0.1, 0.15) is 25.8 Å². The van der Waals surface area contributed by atoms with Gasteiger partial charge in [-0.3, -0.25) is 14.9 Å². The number of ether oxygens (including phenoxy) is 1. The molecule has 0 saturated heterocycles. The Bertz CT molecular complexity index is 491. The average Bonchev–Trinajstić information content (AvgIpc) is 2.38. The van der Waals surface area contributed by atoms with Crippen molar-refractivity contribution in [2.24, 2.45) is 0 Å². The number of hydrogen-bond acceptors (Lipinski definition) is 6. The summed E-state index contributed by atoms with van der Waals surface area (Å²) in [6.07, 6.45) is 2.29. The van der Waals surface area contributed by atoms with Crippen LogP contribution in [0.15, 0.2) is 12.3 Å². The Morgan fingerprint density at radius 3 is 2.75 bits per heavy atom. The third-order valence-electron chi connectivity index (χ3n) is 2.60. The van der Waals surface area contributed by atoms with Crippen molar-refractivity contribution in [3.05, 3.63) is 27.9 Å². The maximum Gasteiger partial charge on any atom is 0.325 e. The maximum atomic E-state index is 11.6. The zero-order chi connectivity index (χ0) is 15.1. The van der Waals surface area contributed by atoms with Crippen molar-refractivity contribution in [3.63, 3.8) is 0 Å². The van der Waals surface area contributed by atoms with Gasteiger partial charge in [-0.25, -0.2) is 4.98 Å². The summed E-state index contributed by atoms with van der Waals surface area (Å²) in [5, 5.41) is 11.1. The normalized spacial score (nSPS) is 10.2. The Hall–Kier alpha value is -2.18. The molecule has 0 saturated carbocycles. The topological polar surface area (TPSA) is 85.6 Å². The van der Waals surface area contributed by atoms with Crippen molar-refractivity contribution in [1.29, 1.82) is 0 Å². The highest BCUT2D eigenvalue weighted by Gasteiger charge is 2.23. The molecular weight excluding hydrogens is 262 g/mol. The fourth-order valence-corrected chi connectivity index (χ4v) is 1.82. The van der Waals surface area contributed by atoms with Crippen LogP contribution in [-0.2, 0) is 9.53 Å². The summed E-state index contributed by atoms with van der Waals surface area (Å²) in [6.45, 7) is 6.11. The molecule has 0 aliphatic heterocycles. The number of aromatic nitrogens is 1. The van der Waals surface area contributed by atoms with Crippen molar-refractivity contribution >= 4 is 17.5 Å². The number of nitro groups is 1. The van der Waals surface area contributed by atoms with Gasteiger partial charge in [0, 0.05) is 18.8 Å². The van der Waals surface area contributed by atoms with Crippen LogP contribution in [0.2, 0.25) is 0 Å². The van der Waals surface area contributed by atoms with Crippen LogP contribution in [0.4, 0.5) is 11.5 Å². The van der Waals surface area contributed by atoms with E-state index in [0.717, 1.165) is 6.42 Å². The standard InChI is InChI=1S/C13H19N3O4/c1-4-6-15(9-12(17)20-5-2)13-11(16(18)19)7-10(3)8-14-13/h7-8H,4-6,9H2,1-3H3. The Morgan fingerprint density at radius 1 is 1.50 bits per heavy atom. The van der Waals surface area contributed by atoms with Crippen LogP contribution in [0.3, 0.4) is 0 Å². The van der Waals surface area contributed by atoms with Crippen LogP contribution in [0, 0.1) is 17.0 Å². The third kappa shape index (κ3) is 4.18. The van der Waals surface area contributed by atoms with Gasteiger partial charge in [-0.1, -0.05) is 6.92 Å². The van der Waals surface area contributed by atoms with Crippen molar-refractivity contribution in [2.45, 2.75) is 27.2 Å². The molecule has 0 unspecified atom stereocenters. The lowest BCUT2D eigenvalue weighted by Gasteiger charge is -2.21. The highest BCUT2D eigenvalue weighted by molar-refractivity contribution is 5.76. The van der Waals surface area contributed by atoms with Crippen molar-refractivity contribution < 1.29 is 14.5 Å². The van der Waals surface area contributed by atoms with Gasteiger partial charge in [0.15, 0.2) is 0 Å². The minimum atomic E-state index is -0.483. The molecule has 0 N–H and O–H groups in total. The minimum absolute atomic E-state index is 0.0431. The molecule has 20 heavy (non-hydrogen) atoms. The van der Waals surface area contributed by atoms with E-state index in [9.17, 15) is 14.9 Å². The number of esters is 1. The van der Waals surface area contributed by atoms with Gasteiger partial charge in [0.05, 0.1) is 11.5 Å². The quantitative estimate of drug-likeness (QED) is 0.432. The van der Waals surface area contributed by atoms with Gasteiger partial charge in [-0.2, -0.15) is 0 Å². The fourth-order valence-electron chi connectivity index (χ4n) is 1.82. The Kier molecular flexibility index (Phi) is 5.89. The molecule has 1 heterocycles. The van der Waals surface area contributed by atoms with Crippen LogP contribution in [0.25, 0.3) is 0 Å². The highest BCUT2D eigenvalue weighted by Crippen LogP contribution is 2.26. The second-order valence-electron chi connectivity index (χ2n) is 4.34. The smallest absolute Gasteiger partial charge is 0.325 e. The molecule has 0 spiro atoms. The second kappa shape index (κ2) is 7.42. The third-order valence-corrected chi connectivity index (χ3v) is 2.60. The molecule has 7 nitrogen and oxygen atoms in total. The van der Waals surface area contributed by atoms with E-state index in [1.165, 1.54) is 6.07 Å². The predicted octanol–water partition coefficient (Wildman–Crippen LogP) is 2.08. The number of carbonyl (C=O) groups is 1. The van der Waals surface area contributed by atoms with E-state index in [4.69, 9.17) is 4.74 Å². The van der Waals surface area contributed by atoms with Gasteiger partial charge in [-0.15, -0.1) is 0 Å². The molecule has 7 heteroatoms. The monoisotopic (exact) mass is 281 g/mol. The molecule has 0 bridgehead atoms. The van der Waals surface area contributed by atoms with E-state index in [0.29, 0.717) is 12.1 Å². The maximum absolute atomic E-state index is 11.6. The lowest BCUT2D eigenvalue weighted by atomic mass is 10.2. The van der Waals surface area contributed by atoms with Crippen molar-refractivity contribution in [2.75, 3.05) is 24.6 Å². The summed E-state index contributed by atoms with van der Waals surface area (Å²) in [5.74, 6) is -0.215. The molecule has 1 rings (SSSR count). The van der Waals surface area contributed by atoms with Crippen LogP contribution in [-0.4, -0.2) is 35.6 Å². The number of anilines is 1. The Labute approximate surface area is 117 Å². The first-order valence-corrected chi connectivity index (χ1v) is 6.51. The number of rotatable bonds is 7. The summed E-state index contributed by atoms with van der Waals surface area (Å²) >= 11 is 0. The van der Waals surface area contributed by atoms with Gasteiger partial charge in [0.2, 0.25) is 5.82 Å². The first-order chi connectivity index (χ1) is 9.49. The van der Waals surface area contributed by atoms with Gasteiger partial charge in [0.1, 0.15) is 6.54 Å². The van der Waals surface area contributed by atoms with Crippen LogP contribution in [0.5, 0.6) is 0 Å². The van der Waals surface area contributed by atoms with E-state index >= 15 is 0 Å². The molecule has 110 valence electrons. The number of aryl methyl sites for hydroxylation is 1. The lowest BCUT2D eigenvalue weighted by molar-refractivity contribution is -0.384. The molecule has 0 aliphatic carbocycles. The van der Waals surface area contributed by atoms with Gasteiger partial charge in [-0.05, 0) is 25.8 Å². The Balaban J connectivity index is 3.07. The van der Waals surface area contributed by atoms with E-state index in [-0.39, 0.29) is 24.7 Å². The number of nitrogens with zero attached hydrogens (tertiary/aromatic N) is 3. The summed E-state index contributed by atoms with van der Waals surface area (Å²) < 4.78 is 4.89. The minimum Gasteiger partial charge on any atom is -0.465 e.